The van der Waals surface area contributed by atoms with E-state index in [-0.39, 0.29) is 12.5 Å². The number of nitrogens with one attached hydrogen (secondary N) is 1. The lowest BCUT2D eigenvalue weighted by molar-refractivity contribution is -0.170. The Morgan fingerprint density at radius 2 is 2.29 bits per heavy atom. The zero-order valence-electron chi connectivity index (χ0n) is 7.54. The molecule has 1 aromatic rings. The predicted molar refractivity (Wildman–Crippen MR) is 45.0 cm³/mol. The molecule has 78 valence electrons. The summed E-state index contributed by atoms with van der Waals surface area (Å²) in [6.07, 6.45) is -1.43. The van der Waals surface area contributed by atoms with Crippen molar-refractivity contribution in [2.24, 2.45) is 0 Å². The zero-order chi connectivity index (χ0) is 10.3. The van der Waals surface area contributed by atoms with Gasteiger partial charge in [-0.05, 0) is 13.3 Å². The largest absolute Gasteiger partial charge is 0.409 e. The average Bonchev–Trinajstić information content (AvgIpc) is 2.47. The number of hydrogen-bond acceptors (Lipinski definition) is 2. The van der Waals surface area contributed by atoms with Crippen LogP contribution in [-0.2, 0) is 0 Å². The molecule has 1 N–H and O–H groups in total. The van der Waals surface area contributed by atoms with Crippen LogP contribution in [0.25, 0.3) is 0 Å². The summed E-state index contributed by atoms with van der Waals surface area (Å²) in [6, 6.07) is -1.65. The molecule has 0 radical (unpaired) electrons. The van der Waals surface area contributed by atoms with Crippen molar-refractivity contribution in [1.82, 2.24) is 9.55 Å². The predicted octanol–water partition coefficient (Wildman–Crippen LogP) is 2.19. The van der Waals surface area contributed by atoms with Gasteiger partial charge in [-0.15, -0.1) is 0 Å². The van der Waals surface area contributed by atoms with Crippen LogP contribution in [0.1, 0.15) is 19.4 Å². The van der Waals surface area contributed by atoms with Crippen molar-refractivity contribution in [3.05, 3.63) is 12.4 Å². The molecule has 0 saturated heterocycles. The highest BCUT2D eigenvalue weighted by molar-refractivity contribution is 5.31. The molecule has 1 aliphatic rings. The summed E-state index contributed by atoms with van der Waals surface area (Å²) in [5, 5.41) is 2.89. The number of alkyl halides is 3. The quantitative estimate of drug-likeness (QED) is 0.703. The van der Waals surface area contributed by atoms with Gasteiger partial charge < -0.3 is 9.88 Å². The first-order valence-corrected chi connectivity index (χ1v) is 4.34. The Kier molecular flexibility index (Phi) is 1.94. The molecule has 6 heteroatoms. The second kappa shape index (κ2) is 2.90. The van der Waals surface area contributed by atoms with E-state index < -0.39 is 12.2 Å². The van der Waals surface area contributed by atoms with Crippen LogP contribution in [0.5, 0.6) is 0 Å². The summed E-state index contributed by atoms with van der Waals surface area (Å²) < 4.78 is 38.9. The minimum Gasteiger partial charge on any atom is -0.353 e. The molecule has 0 aliphatic carbocycles. The SMILES string of the molecule is CC1CC(C(F)(F)F)n2ccnc2N1. The summed E-state index contributed by atoms with van der Waals surface area (Å²) in [6.45, 7) is 1.72. The van der Waals surface area contributed by atoms with Gasteiger partial charge in [-0.2, -0.15) is 13.2 Å². The van der Waals surface area contributed by atoms with E-state index in [4.69, 9.17) is 0 Å². The molecule has 0 spiro atoms. The average molecular weight is 205 g/mol. The number of fused-ring (bicyclic) bond motifs is 1. The summed E-state index contributed by atoms with van der Waals surface area (Å²) >= 11 is 0. The highest BCUT2D eigenvalue weighted by atomic mass is 19.4. The van der Waals surface area contributed by atoms with Crippen LogP contribution < -0.4 is 5.32 Å². The van der Waals surface area contributed by atoms with Crippen molar-refractivity contribution in [1.29, 1.82) is 0 Å². The first kappa shape index (κ1) is 9.36. The lowest BCUT2D eigenvalue weighted by Crippen LogP contribution is -2.37. The van der Waals surface area contributed by atoms with Gasteiger partial charge in [0.15, 0.2) is 0 Å². The van der Waals surface area contributed by atoms with Crippen LogP contribution in [0.15, 0.2) is 12.4 Å². The van der Waals surface area contributed by atoms with Crippen molar-refractivity contribution in [2.75, 3.05) is 5.32 Å². The maximum atomic E-state index is 12.6. The Bertz CT molecular complexity index is 331. The lowest BCUT2D eigenvalue weighted by Gasteiger charge is -2.31. The van der Waals surface area contributed by atoms with E-state index in [0.29, 0.717) is 5.95 Å². The molecule has 1 aliphatic heterocycles. The molecular weight excluding hydrogens is 195 g/mol. The monoisotopic (exact) mass is 205 g/mol. The van der Waals surface area contributed by atoms with Crippen LogP contribution in [0.4, 0.5) is 19.1 Å². The molecule has 0 aromatic carbocycles. The third kappa shape index (κ3) is 1.44. The molecule has 1 aromatic heterocycles. The van der Waals surface area contributed by atoms with Gasteiger partial charge >= 0.3 is 6.18 Å². The van der Waals surface area contributed by atoms with Crippen LogP contribution in [0.2, 0.25) is 0 Å². The molecule has 2 unspecified atom stereocenters. The fourth-order valence-electron chi connectivity index (χ4n) is 1.70. The molecule has 2 atom stereocenters. The van der Waals surface area contributed by atoms with Gasteiger partial charge in [-0.25, -0.2) is 4.98 Å². The number of rotatable bonds is 0. The molecule has 3 nitrogen and oxygen atoms in total. The van der Waals surface area contributed by atoms with E-state index in [2.05, 4.69) is 10.3 Å². The van der Waals surface area contributed by atoms with E-state index in [1.807, 2.05) is 0 Å². The van der Waals surface area contributed by atoms with Gasteiger partial charge in [0.05, 0.1) is 0 Å². The molecule has 0 fully saturated rings. The van der Waals surface area contributed by atoms with Gasteiger partial charge in [0.2, 0.25) is 5.95 Å². The Morgan fingerprint density at radius 1 is 1.57 bits per heavy atom. The van der Waals surface area contributed by atoms with Crippen LogP contribution >= 0.6 is 0 Å². The van der Waals surface area contributed by atoms with Crippen molar-refractivity contribution in [3.8, 4) is 0 Å². The summed E-state index contributed by atoms with van der Waals surface area (Å²) in [5.74, 6) is 0.297. The van der Waals surface area contributed by atoms with E-state index in [1.165, 1.54) is 12.4 Å². The highest BCUT2D eigenvalue weighted by Crippen LogP contribution is 2.38. The third-order valence-corrected chi connectivity index (χ3v) is 2.33. The maximum absolute atomic E-state index is 12.6. The molecule has 14 heavy (non-hydrogen) atoms. The molecule has 0 amide bonds. The summed E-state index contributed by atoms with van der Waals surface area (Å²) in [5.41, 5.74) is 0. The van der Waals surface area contributed by atoms with Gasteiger partial charge in [0.25, 0.3) is 0 Å². The first-order chi connectivity index (χ1) is 6.48. The number of imidazole rings is 1. The second-order valence-electron chi connectivity index (χ2n) is 3.50. The number of halogens is 3. The molecule has 0 bridgehead atoms. The van der Waals surface area contributed by atoms with Gasteiger partial charge in [-0.3, -0.25) is 0 Å². The fraction of sp³-hybridized carbons (Fsp3) is 0.625. The lowest BCUT2D eigenvalue weighted by atomic mass is 10.1. The highest BCUT2D eigenvalue weighted by Gasteiger charge is 2.44. The normalized spacial score (nSPS) is 26.9. The first-order valence-electron chi connectivity index (χ1n) is 4.34. The number of aromatic nitrogens is 2. The maximum Gasteiger partial charge on any atom is 0.409 e. The molecular formula is C8H10F3N3. The van der Waals surface area contributed by atoms with Crippen LogP contribution in [0, 0.1) is 0 Å². The Hall–Kier alpha value is -1.20. The Balaban J connectivity index is 2.37. The fourth-order valence-corrected chi connectivity index (χ4v) is 1.70. The van der Waals surface area contributed by atoms with E-state index in [1.54, 1.807) is 6.92 Å². The minimum absolute atomic E-state index is 0.0485. The summed E-state index contributed by atoms with van der Waals surface area (Å²) in [7, 11) is 0. The minimum atomic E-state index is -4.20. The van der Waals surface area contributed by atoms with Crippen LogP contribution in [-0.4, -0.2) is 21.8 Å². The summed E-state index contributed by atoms with van der Waals surface area (Å²) in [4.78, 5) is 3.82. The molecule has 0 saturated carbocycles. The standard InChI is InChI=1S/C8H10F3N3/c1-5-4-6(8(9,10)11)14-3-2-12-7(14)13-5/h2-3,5-6H,4H2,1H3,(H,12,13). The smallest absolute Gasteiger partial charge is 0.353 e. The van der Waals surface area contributed by atoms with Gasteiger partial charge in [-0.1, -0.05) is 0 Å². The Labute approximate surface area is 78.9 Å². The van der Waals surface area contributed by atoms with Crippen LogP contribution in [0.3, 0.4) is 0 Å². The van der Waals surface area contributed by atoms with E-state index in [0.717, 1.165) is 4.57 Å². The topological polar surface area (TPSA) is 29.9 Å². The zero-order valence-corrected chi connectivity index (χ0v) is 7.54. The van der Waals surface area contributed by atoms with Gasteiger partial charge in [0, 0.05) is 18.4 Å². The van der Waals surface area contributed by atoms with Crippen molar-refractivity contribution < 1.29 is 13.2 Å². The number of hydrogen-bond donors (Lipinski definition) is 1. The molecule has 2 rings (SSSR count). The third-order valence-electron chi connectivity index (χ3n) is 2.33. The Morgan fingerprint density at radius 3 is 2.93 bits per heavy atom. The second-order valence-corrected chi connectivity index (χ2v) is 3.50. The number of nitrogens with zero attached hydrogens (tertiary/aromatic N) is 2. The van der Waals surface area contributed by atoms with E-state index in [9.17, 15) is 13.2 Å². The molecule has 2 heterocycles. The van der Waals surface area contributed by atoms with E-state index >= 15 is 0 Å². The van der Waals surface area contributed by atoms with Gasteiger partial charge in [0.1, 0.15) is 6.04 Å². The van der Waals surface area contributed by atoms with Crippen molar-refractivity contribution in [3.63, 3.8) is 0 Å². The van der Waals surface area contributed by atoms with Crippen molar-refractivity contribution in [2.45, 2.75) is 31.6 Å². The number of anilines is 1. The van der Waals surface area contributed by atoms with Crippen molar-refractivity contribution >= 4 is 5.95 Å².